The summed E-state index contributed by atoms with van der Waals surface area (Å²) in [7, 11) is 0. The van der Waals surface area contributed by atoms with Crippen molar-refractivity contribution in [3.05, 3.63) is 77.4 Å². The lowest BCUT2D eigenvalue weighted by Crippen LogP contribution is -2.12. The van der Waals surface area contributed by atoms with Gasteiger partial charge in [-0.25, -0.2) is 0 Å². The zero-order valence-corrected chi connectivity index (χ0v) is 18.3. The van der Waals surface area contributed by atoms with E-state index in [0.29, 0.717) is 45.5 Å². The summed E-state index contributed by atoms with van der Waals surface area (Å²) in [6.07, 6.45) is 1.63. The predicted octanol–water partition coefficient (Wildman–Crippen LogP) is 5.76. The summed E-state index contributed by atoms with van der Waals surface area (Å²) < 4.78 is 11.7. The van der Waals surface area contributed by atoms with Gasteiger partial charge < -0.3 is 19.8 Å². The van der Waals surface area contributed by atoms with Crippen molar-refractivity contribution in [2.24, 2.45) is 0 Å². The number of nitrogens with one attached hydrogen (secondary N) is 2. The number of hydrogen-bond donors (Lipinski definition) is 2. The molecule has 2 aromatic heterocycles. The summed E-state index contributed by atoms with van der Waals surface area (Å²) in [5.74, 6) is 2.03. The number of carbonyl (C=O) groups excluding carboxylic acids is 2. The quantitative estimate of drug-likeness (QED) is 0.421. The van der Waals surface area contributed by atoms with Crippen LogP contribution in [0.5, 0.6) is 11.5 Å². The van der Waals surface area contributed by atoms with Crippen LogP contribution in [0.2, 0.25) is 0 Å². The van der Waals surface area contributed by atoms with Crippen LogP contribution < -0.4 is 15.4 Å². The molecule has 0 aliphatic rings. The van der Waals surface area contributed by atoms with Crippen molar-refractivity contribution in [3.63, 3.8) is 0 Å². The maximum Gasteiger partial charge on any atom is 0.259 e. The number of rotatable bonds is 5. The van der Waals surface area contributed by atoms with Crippen molar-refractivity contribution in [2.75, 3.05) is 10.6 Å². The summed E-state index contributed by atoms with van der Waals surface area (Å²) in [5.41, 5.74) is 3.25. The molecule has 2 amide bonds. The number of fused-ring (bicyclic) bond motifs is 1. The minimum absolute atomic E-state index is 0.173. The Hall–Kier alpha value is -4.13. The molecule has 4 aromatic rings. The fourth-order valence-corrected chi connectivity index (χ4v) is 3.49. The molecule has 32 heavy (non-hydrogen) atoms. The number of amides is 2. The summed E-state index contributed by atoms with van der Waals surface area (Å²) in [6, 6.07) is 14.5. The number of carbonyl (C=O) groups is 2. The number of pyridine rings is 1. The highest BCUT2D eigenvalue weighted by Gasteiger charge is 2.15. The molecule has 0 unspecified atom stereocenters. The second kappa shape index (κ2) is 8.55. The zero-order chi connectivity index (χ0) is 22.8. The molecule has 0 aliphatic heterocycles. The van der Waals surface area contributed by atoms with Crippen LogP contribution in [0, 0.1) is 20.8 Å². The molecule has 4 rings (SSSR count). The average molecular weight is 429 g/mol. The van der Waals surface area contributed by atoms with E-state index in [1.807, 2.05) is 31.2 Å². The molecule has 0 aliphatic carbocycles. The first kappa shape index (κ1) is 21.1. The number of benzene rings is 2. The summed E-state index contributed by atoms with van der Waals surface area (Å²) in [6.45, 7) is 6.94. The molecular weight excluding hydrogens is 406 g/mol. The molecule has 7 heteroatoms. The van der Waals surface area contributed by atoms with Crippen LogP contribution >= 0.6 is 0 Å². The average Bonchev–Trinajstić information content (AvgIpc) is 3.09. The van der Waals surface area contributed by atoms with E-state index in [1.165, 1.54) is 6.92 Å². The van der Waals surface area contributed by atoms with Crippen molar-refractivity contribution in [1.82, 2.24) is 4.98 Å². The van der Waals surface area contributed by atoms with Crippen molar-refractivity contribution in [2.45, 2.75) is 27.7 Å². The lowest BCUT2D eigenvalue weighted by atomic mass is 10.1. The van der Waals surface area contributed by atoms with Gasteiger partial charge in [0.2, 0.25) is 5.91 Å². The first-order valence-electron chi connectivity index (χ1n) is 10.1. The largest absolute Gasteiger partial charge is 0.466 e. The van der Waals surface area contributed by atoms with Gasteiger partial charge in [0.25, 0.3) is 5.91 Å². The van der Waals surface area contributed by atoms with Gasteiger partial charge in [-0.3, -0.25) is 14.6 Å². The van der Waals surface area contributed by atoms with Gasteiger partial charge in [0.05, 0.1) is 16.8 Å². The van der Waals surface area contributed by atoms with E-state index in [1.54, 1.807) is 44.3 Å². The highest BCUT2D eigenvalue weighted by molar-refractivity contribution is 6.05. The van der Waals surface area contributed by atoms with Crippen molar-refractivity contribution >= 4 is 34.1 Å². The van der Waals surface area contributed by atoms with Gasteiger partial charge in [-0.2, -0.15) is 0 Å². The molecule has 0 radical (unpaired) electrons. The van der Waals surface area contributed by atoms with E-state index in [9.17, 15) is 9.59 Å². The Labute approximate surface area is 185 Å². The third kappa shape index (κ3) is 4.32. The molecule has 0 saturated carbocycles. The Bertz CT molecular complexity index is 1340. The smallest absolute Gasteiger partial charge is 0.259 e. The van der Waals surface area contributed by atoms with E-state index >= 15 is 0 Å². The number of hydrogen-bond acceptors (Lipinski definition) is 5. The van der Waals surface area contributed by atoms with E-state index in [4.69, 9.17) is 9.15 Å². The third-order valence-corrected chi connectivity index (χ3v) is 4.99. The first-order chi connectivity index (χ1) is 15.3. The number of furan rings is 1. The highest BCUT2D eigenvalue weighted by Crippen LogP contribution is 2.34. The van der Waals surface area contributed by atoms with Crippen LogP contribution in [0.15, 0.2) is 59.1 Å². The van der Waals surface area contributed by atoms with Gasteiger partial charge in [-0.05, 0) is 56.7 Å². The number of aromatic nitrogens is 1. The normalized spacial score (nSPS) is 10.8. The maximum atomic E-state index is 12.6. The Balaban J connectivity index is 1.64. The fourth-order valence-electron chi connectivity index (χ4n) is 3.49. The van der Waals surface area contributed by atoms with Crippen LogP contribution in [-0.4, -0.2) is 16.8 Å². The van der Waals surface area contributed by atoms with Crippen molar-refractivity contribution < 1.29 is 18.7 Å². The molecule has 0 bridgehead atoms. The Kier molecular flexibility index (Phi) is 5.64. The number of anilines is 2. The Morgan fingerprint density at radius 3 is 2.50 bits per heavy atom. The van der Waals surface area contributed by atoms with Crippen LogP contribution in [0.25, 0.3) is 10.9 Å². The summed E-state index contributed by atoms with van der Waals surface area (Å²) in [4.78, 5) is 28.6. The van der Waals surface area contributed by atoms with E-state index in [2.05, 4.69) is 15.6 Å². The summed E-state index contributed by atoms with van der Waals surface area (Å²) in [5, 5.41) is 6.45. The Morgan fingerprint density at radius 1 is 0.969 bits per heavy atom. The molecule has 2 heterocycles. The van der Waals surface area contributed by atoms with Gasteiger partial charge in [0.1, 0.15) is 23.0 Å². The lowest BCUT2D eigenvalue weighted by molar-refractivity contribution is -0.114. The van der Waals surface area contributed by atoms with Gasteiger partial charge in [0.15, 0.2) is 0 Å². The Morgan fingerprint density at radius 2 is 1.78 bits per heavy atom. The fraction of sp³-hybridized carbons (Fsp3) is 0.160. The topological polar surface area (TPSA) is 93.5 Å². The van der Waals surface area contributed by atoms with Gasteiger partial charge in [-0.15, -0.1) is 0 Å². The highest BCUT2D eigenvalue weighted by atomic mass is 16.5. The van der Waals surface area contributed by atoms with Crippen LogP contribution in [0.1, 0.15) is 34.4 Å². The minimum atomic E-state index is -0.247. The van der Waals surface area contributed by atoms with Gasteiger partial charge >= 0.3 is 0 Å². The monoisotopic (exact) mass is 429 g/mol. The van der Waals surface area contributed by atoms with E-state index < -0.39 is 0 Å². The van der Waals surface area contributed by atoms with Crippen molar-refractivity contribution in [3.8, 4) is 11.5 Å². The predicted molar refractivity (Wildman–Crippen MR) is 123 cm³/mol. The van der Waals surface area contributed by atoms with Gasteiger partial charge in [0, 0.05) is 30.3 Å². The number of ether oxygens (including phenoxy) is 1. The van der Waals surface area contributed by atoms with Crippen LogP contribution in [0.4, 0.5) is 11.4 Å². The second-order valence-corrected chi connectivity index (χ2v) is 7.56. The minimum Gasteiger partial charge on any atom is -0.466 e. The zero-order valence-electron chi connectivity index (χ0n) is 18.3. The molecule has 0 fully saturated rings. The van der Waals surface area contributed by atoms with Crippen molar-refractivity contribution in [1.29, 1.82) is 0 Å². The number of aryl methyl sites for hydroxylation is 3. The summed E-state index contributed by atoms with van der Waals surface area (Å²) >= 11 is 0. The SMILES string of the molecule is CC(=O)Nc1cccc2c(Oc3cc(NC(=O)c4cc(C)oc4C)ccc3C)ccnc12. The molecule has 2 aromatic carbocycles. The van der Waals surface area contributed by atoms with E-state index in [0.717, 1.165) is 10.9 Å². The molecule has 0 saturated heterocycles. The van der Waals surface area contributed by atoms with Crippen LogP contribution in [0.3, 0.4) is 0 Å². The van der Waals surface area contributed by atoms with Gasteiger partial charge in [-0.1, -0.05) is 12.1 Å². The second-order valence-electron chi connectivity index (χ2n) is 7.56. The molecular formula is C25H23N3O4. The molecule has 0 spiro atoms. The first-order valence-corrected chi connectivity index (χ1v) is 10.1. The van der Waals surface area contributed by atoms with Crippen LogP contribution in [-0.2, 0) is 4.79 Å². The molecule has 162 valence electrons. The third-order valence-electron chi connectivity index (χ3n) is 4.99. The molecule has 7 nitrogen and oxygen atoms in total. The van der Waals surface area contributed by atoms with E-state index in [-0.39, 0.29) is 11.8 Å². The maximum absolute atomic E-state index is 12.6. The number of para-hydroxylation sites is 1. The standard InChI is InChI=1S/C25H23N3O4/c1-14-8-9-18(28-25(30)20-12-15(2)31-16(20)3)13-23(14)32-22-10-11-26-24-19(22)6-5-7-21(24)27-17(4)29/h5-13H,1-4H3,(H,27,29)(H,28,30). The number of nitrogens with zero attached hydrogens (tertiary/aromatic N) is 1. The lowest BCUT2D eigenvalue weighted by Gasteiger charge is -2.14. The molecule has 0 atom stereocenters. The molecule has 2 N–H and O–H groups in total.